The molecule has 0 radical (unpaired) electrons. The van der Waals surface area contributed by atoms with Gasteiger partial charge in [-0.3, -0.25) is 0 Å². The summed E-state index contributed by atoms with van der Waals surface area (Å²) >= 11 is 0. The van der Waals surface area contributed by atoms with Gasteiger partial charge in [0.15, 0.2) is 11.5 Å². The molecule has 1 aromatic rings. The maximum absolute atomic E-state index is 6.15. The quantitative estimate of drug-likeness (QED) is 0.756. The maximum Gasteiger partial charge on any atom is 0.231 e. The first-order chi connectivity index (χ1) is 9.15. The van der Waals surface area contributed by atoms with Crippen molar-refractivity contribution in [3.63, 3.8) is 0 Å². The summed E-state index contributed by atoms with van der Waals surface area (Å²) in [6, 6.07) is 6.09. The molecule has 3 atom stereocenters. The topological polar surface area (TPSA) is 27.7 Å². The fraction of sp³-hybridized carbons (Fsp3) is 0.500. The Morgan fingerprint density at radius 1 is 1.21 bits per heavy atom. The molecule has 0 N–H and O–H groups in total. The van der Waals surface area contributed by atoms with Crippen LogP contribution in [0.2, 0.25) is 0 Å². The number of hydrogen-bond donors (Lipinski definition) is 0. The average molecular weight is 260 g/mol. The molecule has 3 rings (SSSR count). The van der Waals surface area contributed by atoms with Gasteiger partial charge < -0.3 is 14.2 Å². The van der Waals surface area contributed by atoms with Crippen molar-refractivity contribution in [2.45, 2.75) is 38.9 Å². The first-order valence-electron chi connectivity index (χ1n) is 6.85. The highest BCUT2D eigenvalue weighted by atomic mass is 16.7. The third kappa shape index (κ3) is 2.35. The van der Waals surface area contributed by atoms with Gasteiger partial charge in [0, 0.05) is 5.92 Å². The Labute approximate surface area is 114 Å². The van der Waals surface area contributed by atoms with E-state index >= 15 is 0 Å². The molecule has 2 aliphatic heterocycles. The standard InChI is InChI=1S/C16H20O3/c1-10(2)13-6-4-11(3)19-16(13)12-5-7-14-15(8-12)18-9-17-14/h5,7-8,11,13,16H,1,4,6,9H2,2-3H3/t11-,13+,16-/m0/s1. The smallest absolute Gasteiger partial charge is 0.231 e. The molecule has 3 nitrogen and oxygen atoms in total. The molecule has 3 heteroatoms. The summed E-state index contributed by atoms with van der Waals surface area (Å²) < 4.78 is 17.0. The summed E-state index contributed by atoms with van der Waals surface area (Å²) in [5.41, 5.74) is 2.35. The highest BCUT2D eigenvalue weighted by Gasteiger charge is 2.32. The zero-order valence-corrected chi connectivity index (χ0v) is 11.5. The van der Waals surface area contributed by atoms with Gasteiger partial charge in [0.1, 0.15) is 0 Å². The fourth-order valence-corrected chi connectivity index (χ4v) is 2.88. The van der Waals surface area contributed by atoms with Gasteiger partial charge in [-0.05, 0) is 44.4 Å². The summed E-state index contributed by atoms with van der Waals surface area (Å²) in [5.74, 6) is 2.02. The Morgan fingerprint density at radius 2 is 2.00 bits per heavy atom. The van der Waals surface area contributed by atoms with Crippen molar-refractivity contribution in [1.29, 1.82) is 0 Å². The Balaban J connectivity index is 1.91. The predicted molar refractivity (Wildman–Crippen MR) is 73.4 cm³/mol. The minimum atomic E-state index is 0.0794. The summed E-state index contributed by atoms with van der Waals surface area (Å²) in [6.45, 7) is 8.65. The molecule has 2 heterocycles. The molecule has 0 aromatic heterocycles. The molecule has 0 unspecified atom stereocenters. The van der Waals surface area contributed by atoms with Gasteiger partial charge in [-0.25, -0.2) is 0 Å². The van der Waals surface area contributed by atoms with E-state index in [0.717, 1.165) is 29.9 Å². The molecule has 1 fully saturated rings. The number of benzene rings is 1. The molecule has 102 valence electrons. The Bertz CT molecular complexity index is 495. The van der Waals surface area contributed by atoms with Gasteiger partial charge in [-0.15, -0.1) is 0 Å². The van der Waals surface area contributed by atoms with Crippen LogP contribution in [0.3, 0.4) is 0 Å². The first-order valence-corrected chi connectivity index (χ1v) is 6.85. The number of ether oxygens (including phenoxy) is 3. The van der Waals surface area contributed by atoms with Gasteiger partial charge in [0.05, 0.1) is 12.2 Å². The lowest BCUT2D eigenvalue weighted by Gasteiger charge is -2.36. The van der Waals surface area contributed by atoms with Crippen LogP contribution in [0.15, 0.2) is 30.4 Å². The van der Waals surface area contributed by atoms with Crippen LogP contribution in [0.5, 0.6) is 11.5 Å². The second-order valence-electron chi connectivity index (χ2n) is 5.51. The second kappa shape index (κ2) is 4.89. The van der Waals surface area contributed by atoms with Crippen molar-refractivity contribution in [2.24, 2.45) is 5.92 Å². The molecule has 0 aliphatic carbocycles. The highest BCUT2D eigenvalue weighted by molar-refractivity contribution is 5.45. The summed E-state index contributed by atoms with van der Waals surface area (Å²) in [4.78, 5) is 0. The van der Waals surface area contributed by atoms with Crippen LogP contribution < -0.4 is 9.47 Å². The van der Waals surface area contributed by atoms with Crippen LogP contribution in [0.4, 0.5) is 0 Å². The molecule has 1 saturated heterocycles. The zero-order chi connectivity index (χ0) is 13.4. The third-order valence-corrected chi connectivity index (χ3v) is 3.99. The summed E-state index contributed by atoms with van der Waals surface area (Å²) in [5, 5.41) is 0. The van der Waals surface area contributed by atoms with E-state index in [0.29, 0.717) is 18.8 Å². The molecule has 0 spiro atoms. The normalized spacial score (nSPS) is 29.3. The minimum absolute atomic E-state index is 0.0794. The van der Waals surface area contributed by atoms with Crippen LogP contribution in [-0.4, -0.2) is 12.9 Å². The van der Waals surface area contributed by atoms with E-state index in [4.69, 9.17) is 14.2 Å². The molecule has 1 aromatic carbocycles. The molecule has 2 aliphatic rings. The second-order valence-corrected chi connectivity index (χ2v) is 5.51. The SMILES string of the molecule is C=C(C)[C@H]1CC[C@H](C)O[C@H]1c1ccc2c(c1)OCO2. The van der Waals surface area contributed by atoms with Crippen molar-refractivity contribution in [3.05, 3.63) is 35.9 Å². The molecular weight excluding hydrogens is 240 g/mol. The van der Waals surface area contributed by atoms with Crippen molar-refractivity contribution < 1.29 is 14.2 Å². The number of fused-ring (bicyclic) bond motifs is 1. The lowest BCUT2D eigenvalue weighted by atomic mass is 9.83. The van der Waals surface area contributed by atoms with E-state index in [1.165, 1.54) is 5.57 Å². The molecule has 0 amide bonds. The van der Waals surface area contributed by atoms with Crippen molar-refractivity contribution >= 4 is 0 Å². The Morgan fingerprint density at radius 3 is 2.79 bits per heavy atom. The van der Waals surface area contributed by atoms with Crippen molar-refractivity contribution in [3.8, 4) is 11.5 Å². The summed E-state index contributed by atoms with van der Waals surface area (Å²) in [6.07, 6.45) is 2.61. The number of hydrogen-bond acceptors (Lipinski definition) is 3. The first kappa shape index (κ1) is 12.5. The third-order valence-electron chi connectivity index (χ3n) is 3.99. The van der Waals surface area contributed by atoms with Crippen LogP contribution >= 0.6 is 0 Å². The van der Waals surface area contributed by atoms with Crippen LogP contribution in [0.1, 0.15) is 38.4 Å². The molecular formula is C16H20O3. The van der Waals surface area contributed by atoms with E-state index in [-0.39, 0.29) is 6.10 Å². The Kier molecular flexibility index (Phi) is 3.23. The zero-order valence-electron chi connectivity index (χ0n) is 11.5. The average Bonchev–Trinajstić information content (AvgIpc) is 2.85. The van der Waals surface area contributed by atoms with Gasteiger partial charge in [-0.2, -0.15) is 0 Å². The van der Waals surface area contributed by atoms with Crippen molar-refractivity contribution in [1.82, 2.24) is 0 Å². The highest BCUT2D eigenvalue weighted by Crippen LogP contribution is 2.42. The van der Waals surface area contributed by atoms with E-state index in [1.54, 1.807) is 0 Å². The molecule has 19 heavy (non-hydrogen) atoms. The molecule has 0 saturated carbocycles. The lowest BCUT2D eigenvalue weighted by Crippen LogP contribution is -2.28. The van der Waals surface area contributed by atoms with Crippen LogP contribution in [0, 0.1) is 5.92 Å². The van der Waals surface area contributed by atoms with Crippen LogP contribution in [0.25, 0.3) is 0 Å². The van der Waals surface area contributed by atoms with E-state index < -0.39 is 0 Å². The summed E-state index contributed by atoms with van der Waals surface area (Å²) in [7, 11) is 0. The van der Waals surface area contributed by atoms with E-state index in [2.05, 4.69) is 26.5 Å². The van der Waals surface area contributed by atoms with E-state index in [9.17, 15) is 0 Å². The monoisotopic (exact) mass is 260 g/mol. The van der Waals surface area contributed by atoms with Gasteiger partial charge >= 0.3 is 0 Å². The van der Waals surface area contributed by atoms with E-state index in [1.807, 2.05) is 12.1 Å². The minimum Gasteiger partial charge on any atom is -0.454 e. The predicted octanol–water partition coefficient (Wildman–Crippen LogP) is 3.85. The fourth-order valence-electron chi connectivity index (χ4n) is 2.88. The maximum atomic E-state index is 6.15. The number of rotatable bonds is 2. The van der Waals surface area contributed by atoms with Crippen molar-refractivity contribution in [2.75, 3.05) is 6.79 Å². The molecule has 0 bridgehead atoms. The van der Waals surface area contributed by atoms with Gasteiger partial charge in [0.25, 0.3) is 0 Å². The van der Waals surface area contributed by atoms with Gasteiger partial charge in [0.2, 0.25) is 6.79 Å². The Hall–Kier alpha value is -1.48. The largest absolute Gasteiger partial charge is 0.454 e. The van der Waals surface area contributed by atoms with Gasteiger partial charge in [-0.1, -0.05) is 18.2 Å². The lowest BCUT2D eigenvalue weighted by molar-refractivity contribution is -0.0672. The van der Waals surface area contributed by atoms with Crippen LogP contribution in [-0.2, 0) is 4.74 Å².